The Hall–Kier alpha value is -1.40. The fourth-order valence-electron chi connectivity index (χ4n) is 2.67. The fourth-order valence-corrected chi connectivity index (χ4v) is 2.67. The SMILES string of the molecule is Cc1c(N)nc(C2CC2)nc1NC(C)CN1CCOCC1. The van der Waals surface area contributed by atoms with E-state index in [4.69, 9.17) is 10.5 Å². The third-order valence-corrected chi connectivity index (χ3v) is 4.16. The highest BCUT2D eigenvalue weighted by molar-refractivity contribution is 5.55. The Bertz CT molecular complexity index is 497. The topological polar surface area (TPSA) is 76.3 Å². The molecule has 0 amide bonds. The van der Waals surface area contributed by atoms with E-state index in [9.17, 15) is 0 Å². The summed E-state index contributed by atoms with van der Waals surface area (Å²) in [5.41, 5.74) is 6.98. The molecule has 3 rings (SSSR count). The lowest BCUT2D eigenvalue weighted by Gasteiger charge is -2.29. The summed E-state index contributed by atoms with van der Waals surface area (Å²) in [5, 5.41) is 3.51. The zero-order valence-electron chi connectivity index (χ0n) is 12.9. The first-order valence-electron chi connectivity index (χ1n) is 7.84. The van der Waals surface area contributed by atoms with Gasteiger partial charge in [0.2, 0.25) is 0 Å². The number of nitrogen functional groups attached to an aromatic ring is 1. The third-order valence-electron chi connectivity index (χ3n) is 4.16. The zero-order valence-corrected chi connectivity index (χ0v) is 12.9. The zero-order chi connectivity index (χ0) is 14.8. The Labute approximate surface area is 126 Å². The third kappa shape index (κ3) is 3.63. The van der Waals surface area contributed by atoms with Gasteiger partial charge >= 0.3 is 0 Å². The predicted molar refractivity (Wildman–Crippen MR) is 83.5 cm³/mol. The van der Waals surface area contributed by atoms with Gasteiger partial charge in [-0.3, -0.25) is 4.90 Å². The molecule has 0 aromatic carbocycles. The largest absolute Gasteiger partial charge is 0.383 e. The van der Waals surface area contributed by atoms with E-state index in [-0.39, 0.29) is 0 Å². The molecule has 6 nitrogen and oxygen atoms in total. The maximum absolute atomic E-state index is 6.03. The van der Waals surface area contributed by atoms with Crippen LogP contribution in [0.15, 0.2) is 0 Å². The molecule has 1 atom stereocenters. The molecule has 3 N–H and O–H groups in total. The first kappa shape index (κ1) is 14.5. The molecule has 21 heavy (non-hydrogen) atoms. The van der Waals surface area contributed by atoms with E-state index in [0.29, 0.717) is 17.8 Å². The summed E-state index contributed by atoms with van der Waals surface area (Å²) in [7, 11) is 0. The van der Waals surface area contributed by atoms with Crippen molar-refractivity contribution in [3.63, 3.8) is 0 Å². The van der Waals surface area contributed by atoms with Crippen LogP contribution in [0.5, 0.6) is 0 Å². The Kier molecular flexibility index (Phi) is 4.26. The molecule has 0 spiro atoms. The van der Waals surface area contributed by atoms with Crippen LogP contribution in [0.3, 0.4) is 0 Å². The molecule has 0 radical (unpaired) electrons. The quantitative estimate of drug-likeness (QED) is 0.853. The van der Waals surface area contributed by atoms with Crippen molar-refractivity contribution in [3.8, 4) is 0 Å². The second-order valence-electron chi connectivity index (χ2n) is 6.17. The van der Waals surface area contributed by atoms with Gasteiger partial charge in [-0.25, -0.2) is 9.97 Å². The molecule has 1 unspecified atom stereocenters. The first-order chi connectivity index (χ1) is 10.1. The van der Waals surface area contributed by atoms with Gasteiger partial charge in [-0.1, -0.05) is 0 Å². The first-order valence-corrected chi connectivity index (χ1v) is 7.84. The van der Waals surface area contributed by atoms with E-state index in [1.165, 1.54) is 12.8 Å². The molecule has 1 aliphatic heterocycles. The van der Waals surface area contributed by atoms with Crippen LogP contribution in [0.4, 0.5) is 11.6 Å². The number of nitrogens with two attached hydrogens (primary N) is 1. The monoisotopic (exact) mass is 291 g/mol. The van der Waals surface area contributed by atoms with Crippen LogP contribution in [0, 0.1) is 6.92 Å². The van der Waals surface area contributed by atoms with Gasteiger partial charge in [0.25, 0.3) is 0 Å². The van der Waals surface area contributed by atoms with Crippen LogP contribution in [0.1, 0.15) is 37.1 Å². The number of aromatic nitrogens is 2. The molecule has 1 aromatic rings. The van der Waals surface area contributed by atoms with Crippen molar-refractivity contribution in [2.24, 2.45) is 0 Å². The van der Waals surface area contributed by atoms with Gasteiger partial charge in [0.05, 0.1) is 13.2 Å². The standard InChI is InChI=1S/C15H25N5O/c1-10(9-20-5-7-21-8-6-20)17-14-11(2)13(16)18-15(19-14)12-3-4-12/h10,12H,3-9H2,1-2H3,(H3,16,17,18,19). The van der Waals surface area contributed by atoms with Crippen LogP contribution >= 0.6 is 0 Å². The lowest BCUT2D eigenvalue weighted by atomic mass is 10.2. The Morgan fingerprint density at radius 2 is 2.05 bits per heavy atom. The summed E-state index contributed by atoms with van der Waals surface area (Å²) in [5.74, 6) is 2.92. The van der Waals surface area contributed by atoms with Gasteiger partial charge in [-0.2, -0.15) is 0 Å². The van der Waals surface area contributed by atoms with E-state index < -0.39 is 0 Å². The second kappa shape index (κ2) is 6.15. The second-order valence-corrected chi connectivity index (χ2v) is 6.17. The van der Waals surface area contributed by atoms with Gasteiger partial charge in [0.15, 0.2) is 0 Å². The molecule has 6 heteroatoms. The maximum Gasteiger partial charge on any atom is 0.136 e. The van der Waals surface area contributed by atoms with Gasteiger partial charge in [0, 0.05) is 37.2 Å². The minimum atomic E-state index is 0.322. The highest BCUT2D eigenvalue weighted by Crippen LogP contribution is 2.39. The summed E-state index contributed by atoms with van der Waals surface area (Å²) in [6.45, 7) is 8.83. The van der Waals surface area contributed by atoms with Crippen LogP contribution in [0.25, 0.3) is 0 Å². The number of ether oxygens (including phenoxy) is 1. The van der Waals surface area contributed by atoms with Crippen molar-refractivity contribution in [3.05, 3.63) is 11.4 Å². The van der Waals surface area contributed by atoms with E-state index in [2.05, 4.69) is 27.1 Å². The number of nitrogens with one attached hydrogen (secondary N) is 1. The summed E-state index contributed by atoms with van der Waals surface area (Å²) in [6, 6.07) is 0.322. The molecular weight excluding hydrogens is 266 g/mol. The van der Waals surface area contributed by atoms with Crippen LogP contribution in [0.2, 0.25) is 0 Å². The van der Waals surface area contributed by atoms with Crippen LogP contribution in [-0.2, 0) is 4.74 Å². The van der Waals surface area contributed by atoms with Crippen molar-refractivity contribution in [1.82, 2.24) is 14.9 Å². The molecule has 1 saturated carbocycles. The van der Waals surface area contributed by atoms with Crippen molar-refractivity contribution in [2.75, 3.05) is 43.9 Å². The van der Waals surface area contributed by atoms with Crippen molar-refractivity contribution in [1.29, 1.82) is 0 Å². The average Bonchev–Trinajstić information content (AvgIpc) is 3.29. The Balaban J connectivity index is 1.65. The number of anilines is 2. The fraction of sp³-hybridized carbons (Fsp3) is 0.733. The Morgan fingerprint density at radius 3 is 2.71 bits per heavy atom. The highest BCUT2D eigenvalue weighted by Gasteiger charge is 2.28. The number of hydrogen-bond donors (Lipinski definition) is 2. The molecule has 1 aromatic heterocycles. The van der Waals surface area contributed by atoms with E-state index in [1.54, 1.807) is 0 Å². The number of rotatable bonds is 5. The van der Waals surface area contributed by atoms with E-state index in [1.807, 2.05) is 6.92 Å². The van der Waals surface area contributed by atoms with E-state index in [0.717, 1.165) is 50.1 Å². The molecule has 0 bridgehead atoms. The minimum absolute atomic E-state index is 0.322. The van der Waals surface area contributed by atoms with Crippen molar-refractivity contribution < 1.29 is 4.74 Å². The van der Waals surface area contributed by atoms with Gasteiger partial charge in [0.1, 0.15) is 17.5 Å². The molecule has 1 aliphatic carbocycles. The normalized spacial score (nSPS) is 21.2. The summed E-state index contributed by atoms with van der Waals surface area (Å²) in [4.78, 5) is 11.5. The summed E-state index contributed by atoms with van der Waals surface area (Å²) < 4.78 is 5.38. The summed E-state index contributed by atoms with van der Waals surface area (Å²) >= 11 is 0. The number of hydrogen-bond acceptors (Lipinski definition) is 6. The van der Waals surface area contributed by atoms with Crippen molar-refractivity contribution in [2.45, 2.75) is 38.6 Å². The predicted octanol–water partition coefficient (Wildman–Crippen LogP) is 1.38. The van der Waals surface area contributed by atoms with Gasteiger partial charge < -0.3 is 15.8 Å². The molecule has 116 valence electrons. The molecule has 1 saturated heterocycles. The Morgan fingerprint density at radius 1 is 1.33 bits per heavy atom. The molecular formula is C15H25N5O. The highest BCUT2D eigenvalue weighted by atomic mass is 16.5. The van der Waals surface area contributed by atoms with Crippen molar-refractivity contribution >= 4 is 11.6 Å². The molecule has 2 fully saturated rings. The molecule has 2 heterocycles. The molecule has 2 aliphatic rings. The lowest BCUT2D eigenvalue weighted by Crippen LogP contribution is -2.42. The average molecular weight is 291 g/mol. The smallest absolute Gasteiger partial charge is 0.136 e. The number of nitrogens with zero attached hydrogens (tertiary/aromatic N) is 3. The van der Waals surface area contributed by atoms with E-state index >= 15 is 0 Å². The maximum atomic E-state index is 6.03. The minimum Gasteiger partial charge on any atom is -0.383 e. The van der Waals surface area contributed by atoms with Gasteiger partial charge in [-0.15, -0.1) is 0 Å². The van der Waals surface area contributed by atoms with Crippen LogP contribution < -0.4 is 11.1 Å². The lowest BCUT2D eigenvalue weighted by molar-refractivity contribution is 0.0368. The van der Waals surface area contributed by atoms with Crippen LogP contribution in [-0.4, -0.2) is 53.8 Å². The van der Waals surface area contributed by atoms with Gasteiger partial charge in [-0.05, 0) is 26.7 Å². The summed E-state index contributed by atoms with van der Waals surface area (Å²) in [6.07, 6.45) is 2.37. The number of morpholine rings is 1.